The SMILES string of the molecule is Cc1cccc(C(=O)N2CCC(C(=O)N(C)C)CC2)c1Br. The first-order chi connectivity index (χ1) is 9.91. The molecule has 1 heterocycles. The van der Waals surface area contributed by atoms with Crippen molar-refractivity contribution in [2.45, 2.75) is 19.8 Å². The summed E-state index contributed by atoms with van der Waals surface area (Å²) in [5.41, 5.74) is 1.76. The normalized spacial score (nSPS) is 15.9. The number of piperidine rings is 1. The number of likely N-dealkylation sites (tertiary alicyclic amines) is 1. The molecule has 0 aromatic heterocycles. The highest BCUT2D eigenvalue weighted by Crippen LogP contribution is 2.25. The summed E-state index contributed by atoms with van der Waals surface area (Å²) in [7, 11) is 3.56. The fourth-order valence-corrected chi connectivity index (χ4v) is 3.11. The van der Waals surface area contributed by atoms with Crippen molar-refractivity contribution in [3.8, 4) is 0 Å². The Hall–Kier alpha value is -1.36. The quantitative estimate of drug-likeness (QED) is 0.820. The molecule has 1 aromatic rings. The van der Waals surface area contributed by atoms with E-state index < -0.39 is 0 Å². The number of halogens is 1. The predicted molar refractivity (Wildman–Crippen MR) is 86.2 cm³/mol. The van der Waals surface area contributed by atoms with Crippen LogP contribution in [0.5, 0.6) is 0 Å². The summed E-state index contributed by atoms with van der Waals surface area (Å²) in [6, 6.07) is 5.72. The fraction of sp³-hybridized carbons (Fsp3) is 0.500. The molecule has 0 atom stereocenters. The summed E-state index contributed by atoms with van der Waals surface area (Å²) in [4.78, 5) is 28.0. The third-order valence-electron chi connectivity index (χ3n) is 3.99. The van der Waals surface area contributed by atoms with Crippen LogP contribution in [0.2, 0.25) is 0 Å². The van der Waals surface area contributed by atoms with Gasteiger partial charge in [0, 0.05) is 37.6 Å². The highest BCUT2D eigenvalue weighted by atomic mass is 79.9. The van der Waals surface area contributed by atoms with E-state index in [2.05, 4.69) is 15.9 Å². The second kappa shape index (κ2) is 6.60. The molecule has 0 bridgehead atoms. The molecule has 1 fully saturated rings. The van der Waals surface area contributed by atoms with E-state index in [1.807, 2.05) is 30.0 Å². The van der Waals surface area contributed by atoms with Crippen LogP contribution in [0, 0.1) is 12.8 Å². The van der Waals surface area contributed by atoms with Gasteiger partial charge in [-0.3, -0.25) is 9.59 Å². The number of hydrogen-bond acceptors (Lipinski definition) is 2. The van der Waals surface area contributed by atoms with E-state index in [0.717, 1.165) is 22.9 Å². The Morgan fingerprint density at radius 3 is 2.43 bits per heavy atom. The van der Waals surface area contributed by atoms with E-state index in [1.165, 1.54) is 0 Å². The number of carbonyl (C=O) groups is 2. The van der Waals surface area contributed by atoms with Crippen molar-refractivity contribution >= 4 is 27.7 Å². The summed E-state index contributed by atoms with van der Waals surface area (Å²) >= 11 is 3.49. The van der Waals surface area contributed by atoms with Crippen LogP contribution >= 0.6 is 15.9 Å². The first kappa shape index (κ1) is 16.0. The van der Waals surface area contributed by atoms with Crippen LogP contribution in [0.3, 0.4) is 0 Å². The smallest absolute Gasteiger partial charge is 0.255 e. The minimum absolute atomic E-state index is 0.0429. The van der Waals surface area contributed by atoms with E-state index in [0.29, 0.717) is 18.7 Å². The lowest BCUT2D eigenvalue weighted by molar-refractivity contribution is -0.134. The Morgan fingerprint density at radius 1 is 1.24 bits per heavy atom. The third-order valence-corrected chi connectivity index (χ3v) is 5.05. The van der Waals surface area contributed by atoms with Crippen molar-refractivity contribution in [3.05, 3.63) is 33.8 Å². The molecule has 0 radical (unpaired) electrons. The molecule has 2 rings (SSSR count). The number of hydrogen-bond donors (Lipinski definition) is 0. The maximum absolute atomic E-state index is 12.6. The maximum atomic E-state index is 12.6. The van der Waals surface area contributed by atoms with Crippen LogP contribution in [-0.4, -0.2) is 48.8 Å². The van der Waals surface area contributed by atoms with Crippen molar-refractivity contribution in [1.29, 1.82) is 0 Å². The monoisotopic (exact) mass is 352 g/mol. The van der Waals surface area contributed by atoms with Crippen molar-refractivity contribution in [2.75, 3.05) is 27.2 Å². The molecule has 2 amide bonds. The van der Waals surface area contributed by atoms with Gasteiger partial charge in [0.05, 0.1) is 5.56 Å². The van der Waals surface area contributed by atoms with Crippen LogP contribution < -0.4 is 0 Å². The molecular weight excluding hydrogens is 332 g/mol. The maximum Gasteiger partial charge on any atom is 0.255 e. The zero-order valence-corrected chi connectivity index (χ0v) is 14.3. The number of benzene rings is 1. The van der Waals surface area contributed by atoms with Gasteiger partial charge in [-0.25, -0.2) is 0 Å². The van der Waals surface area contributed by atoms with E-state index in [9.17, 15) is 9.59 Å². The van der Waals surface area contributed by atoms with Crippen molar-refractivity contribution < 1.29 is 9.59 Å². The molecule has 4 nitrogen and oxygen atoms in total. The number of carbonyl (C=O) groups excluding carboxylic acids is 2. The Balaban J connectivity index is 2.04. The lowest BCUT2D eigenvalue weighted by atomic mass is 9.95. The lowest BCUT2D eigenvalue weighted by Crippen LogP contribution is -2.42. The second-order valence-electron chi connectivity index (χ2n) is 5.74. The van der Waals surface area contributed by atoms with Gasteiger partial charge in [-0.1, -0.05) is 12.1 Å². The molecule has 1 aliphatic rings. The van der Waals surface area contributed by atoms with Gasteiger partial charge < -0.3 is 9.80 Å². The van der Waals surface area contributed by atoms with E-state index in [4.69, 9.17) is 0 Å². The van der Waals surface area contributed by atoms with Gasteiger partial charge in [-0.15, -0.1) is 0 Å². The lowest BCUT2D eigenvalue weighted by Gasteiger charge is -2.32. The number of nitrogens with zero attached hydrogens (tertiary/aromatic N) is 2. The highest BCUT2D eigenvalue weighted by Gasteiger charge is 2.29. The fourth-order valence-electron chi connectivity index (χ4n) is 2.68. The Kier molecular flexibility index (Phi) is 5.04. The molecule has 0 saturated carbocycles. The van der Waals surface area contributed by atoms with Crippen molar-refractivity contribution in [3.63, 3.8) is 0 Å². The van der Waals surface area contributed by atoms with E-state index >= 15 is 0 Å². The zero-order chi connectivity index (χ0) is 15.6. The first-order valence-corrected chi connectivity index (χ1v) is 7.96. The number of rotatable bonds is 2. The minimum atomic E-state index is 0.0429. The van der Waals surface area contributed by atoms with Gasteiger partial charge in [-0.05, 0) is 47.3 Å². The zero-order valence-electron chi connectivity index (χ0n) is 12.7. The first-order valence-electron chi connectivity index (χ1n) is 7.17. The Bertz CT molecular complexity index is 549. The standard InChI is InChI=1S/C16H21BrN2O2/c1-11-5-4-6-13(14(11)17)16(21)19-9-7-12(8-10-19)15(20)18(2)3/h4-6,12H,7-10H2,1-3H3. The predicted octanol–water partition coefficient (Wildman–Crippen LogP) is 2.70. The molecule has 5 heteroatoms. The van der Waals surface area contributed by atoms with Crippen molar-refractivity contribution in [2.24, 2.45) is 5.92 Å². The van der Waals surface area contributed by atoms with Crippen LogP contribution in [0.1, 0.15) is 28.8 Å². The van der Waals surface area contributed by atoms with Gasteiger partial charge >= 0.3 is 0 Å². The number of amides is 2. The van der Waals surface area contributed by atoms with Gasteiger partial charge in [0.25, 0.3) is 5.91 Å². The summed E-state index contributed by atoms with van der Waals surface area (Å²) in [5.74, 6) is 0.255. The van der Waals surface area contributed by atoms with Crippen LogP contribution in [-0.2, 0) is 4.79 Å². The molecule has 1 aromatic carbocycles. The molecule has 0 N–H and O–H groups in total. The van der Waals surface area contributed by atoms with Crippen LogP contribution in [0.25, 0.3) is 0 Å². The van der Waals surface area contributed by atoms with Crippen LogP contribution in [0.4, 0.5) is 0 Å². The highest BCUT2D eigenvalue weighted by molar-refractivity contribution is 9.10. The molecule has 0 aliphatic carbocycles. The Morgan fingerprint density at radius 2 is 1.86 bits per heavy atom. The van der Waals surface area contributed by atoms with Gasteiger partial charge in [-0.2, -0.15) is 0 Å². The molecular formula is C16H21BrN2O2. The largest absolute Gasteiger partial charge is 0.349 e. The molecule has 1 saturated heterocycles. The molecule has 1 aliphatic heterocycles. The van der Waals surface area contributed by atoms with Crippen LogP contribution in [0.15, 0.2) is 22.7 Å². The summed E-state index contributed by atoms with van der Waals surface area (Å²) in [5, 5.41) is 0. The van der Waals surface area contributed by atoms with Gasteiger partial charge in [0.2, 0.25) is 5.91 Å². The number of aryl methyl sites for hydroxylation is 1. The molecule has 21 heavy (non-hydrogen) atoms. The molecule has 0 unspecified atom stereocenters. The summed E-state index contributed by atoms with van der Waals surface area (Å²) in [6.45, 7) is 3.26. The topological polar surface area (TPSA) is 40.6 Å². The molecule has 0 spiro atoms. The van der Waals surface area contributed by atoms with E-state index in [-0.39, 0.29) is 17.7 Å². The van der Waals surface area contributed by atoms with E-state index in [1.54, 1.807) is 19.0 Å². The minimum Gasteiger partial charge on any atom is -0.349 e. The molecule has 114 valence electrons. The van der Waals surface area contributed by atoms with Gasteiger partial charge in [0.15, 0.2) is 0 Å². The van der Waals surface area contributed by atoms with Gasteiger partial charge in [0.1, 0.15) is 0 Å². The summed E-state index contributed by atoms with van der Waals surface area (Å²) in [6.07, 6.45) is 1.48. The Labute approximate surface area is 134 Å². The third kappa shape index (κ3) is 3.46. The second-order valence-corrected chi connectivity index (χ2v) is 6.53. The summed E-state index contributed by atoms with van der Waals surface area (Å²) < 4.78 is 0.862. The average Bonchev–Trinajstić information content (AvgIpc) is 2.48. The van der Waals surface area contributed by atoms with Crippen molar-refractivity contribution in [1.82, 2.24) is 9.80 Å². The average molecular weight is 353 g/mol.